The molecule has 200 valence electrons. The molecule has 1 aliphatic rings. The largest absolute Gasteiger partial charge is 0.506 e. The van der Waals surface area contributed by atoms with Gasteiger partial charge in [-0.1, -0.05) is 103 Å². The minimum Gasteiger partial charge on any atom is -0.506 e. The van der Waals surface area contributed by atoms with Crippen molar-refractivity contribution >= 4 is 46.7 Å². The maximum absolute atomic E-state index is 10.7. The smallest absolute Gasteiger partial charge is 0.138 e. The van der Waals surface area contributed by atoms with Crippen LogP contribution in [0.5, 0.6) is 11.5 Å². The molecule has 2 atom stereocenters. The number of hydrogen-bond donors (Lipinski definition) is 2. The van der Waals surface area contributed by atoms with E-state index in [0.29, 0.717) is 20.5 Å². The molecule has 0 bridgehead atoms. The molecular formula is C30H42Cl2O2S2. The lowest BCUT2D eigenvalue weighted by atomic mass is 9.86. The zero-order valence-electron chi connectivity index (χ0n) is 22.6. The molecule has 6 heteroatoms. The van der Waals surface area contributed by atoms with Crippen LogP contribution in [0.25, 0.3) is 0 Å². The lowest BCUT2D eigenvalue weighted by Crippen LogP contribution is -2.22. The van der Waals surface area contributed by atoms with Crippen LogP contribution in [0.4, 0.5) is 0 Å². The van der Waals surface area contributed by atoms with E-state index >= 15 is 0 Å². The Bertz CT molecular complexity index is 957. The zero-order chi connectivity index (χ0) is 26.7. The quantitative estimate of drug-likeness (QED) is 0.363. The Labute approximate surface area is 236 Å². The van der Waals surface area contributed by atoms with Crippen LogP contribution in [0.2, 0.25) is 10.0 Å². The first kappa shape index (κ1) is 29.9. The fraction of sp³-hybridized carbons (Fsp3) is 0.600. The Morgan fingerprint density at radius 1 is 0.667 bits per heavy atom. The highest BCUT2D eigenvalue weighted by Gasteiger charge is 2.26. The van der Waals surface area contributed by atoms with E-state index in [4.69, 9.17) is 23.2 Å². The molecule has 0 heterocycles. The zero-order valence-corrected chi connectivity index (χ0v) is 25.7. The van der Waals surface area contributed by atoms with E-state index in [0.717, 1.165) is 33.8 Å². The lowest BCUT2D eigenvalue weighted by Gasteiger charge is -2.29. The first-order valence-electron chi connectivity index (χ1n) is 13.0. The van der Waals surface area contributed by atoms with E-state index in [2.05, 4.69) is 53.7 Å². The number of hydrogen-bond acceptors (Lipinski definition) is 4. The Morgan fingerprint density at radius 3 is 1.36 bits per heavy atom. The summed E-state index contributed by atoms with van der Waals surface area (Å²) in [4.78, 5) is 0. The average Bonchev–Trinajstić information content (AvgIpc) is 2.76. The van der Waals surface area contributed by atoms with Crippen molar-refractivity contribution < 1.29 is 10.2 Å². The molecule has 1 aliphatic carbocycles. The van der Waals surface area contributed by atoms with E-state index in [-0.39, 0.29) is 22.3 Å². The Hall–Kier alpha value is -0.680. The Balaban J connectivity index is 1.78. The van der Waals surface area contributed by atoms with Crippen LogP contribution < -0.4 is 0 Å². The third-order valence-electron chi connectivity index (χ3n) is 7.06. The maximum atomic E-state index is 10.7. The summed E-state index contributed by atoms with van der Waals surface area (Å²) in [5, 5.41) is 23.2. The van der Waals surface area contributed by atoms with Gasteiger partial charge in [-0.15, -0.1) is 0 Å². The summed E-state index contributed by atoms with van der Waals surface area (Å²) < 4.78 is 0. The molecule has 2 aromatic carbocycles. The van der Waals surface area contributed by atoms with E-state index in [9.17, 15) is 10.2 Å². The lowest BCUT2D eigenvalue weighted by molar-refractivity contribution is 0.468. The summed E-state index contributed by atoms with van der Waals surface area (Å²) in [7, 11) is 0. The predicted molar refractivity (Wildman–Crippen MR) is 162 cm³/mol. The molecule has 3 rings (SSSR count). The van der Waals surface area contributed by atoms with Gasteiger partial charge in [-0.3, -0.25) is 0 Å². The topological polar surface area (TPSA) is 40.5 Å². The van der Waals surface area contributed by atoms with Crippen LogP contribution in [0, 0.1) is 0 Å². The molecule has 1 fully saturated rings. The highest BCUT2D eigenvalue weighted by atomic mass is 35.5. The van der Waals surface area contributed by atoms with Crippen molar-refractivity contribution in [1.29, 1.82) is 0 Å². The first-order valence-corrected chi connectivity index (χ1v) is 15.9. The standard InChI is InChI=1S/C30H42Cl2O2S2/c1-29(2,3)21-13-19(27(33)23(31)15-21)17-35-25-11-9-7-8-10-12-26(25)36-18-20-14-22(30(4,5)6)16-24(32)28(20)34/h13-16,25-26,33-34H,7-12,17-18H2,1-6H3/t25-,26?/m0/s1. The number of thioether (sulfide) groups is 2. The normalized spacial score (nSPS) is 19.7. The summed E-state index contributed by atoms with van der Waals surface area (Å²) >= 11 is 16.7. The SMILES string of the molecule is CC(C)(C)c1cc(Cl)c(O)c(CSC2CCCCCC[C@@H]2SCc2cc(C(C)(C)C)cc(Cl)c2O)c1. The molecule has 0 radical (unpaired) electrons. The van der Waals surface area contributed by atoms with Gasteiger partial charge in [-0.2, -0.15) is 23.5 Å². The van der Waals surface area contributed by atoms with Crippen molar-refractivity contribution in [3.63, 3.8) is 0 Å². The van der Waals surface area contributed by atoms with Gasteiger partial charge < -0.3 is 10.2 Å². The molecule has 0 aromatic heterocycles. The van der Waals surface area contributed by atoms with Gasteiger partial charge in [0.2, 0.25) is 0 Å². The highest BCUT2D eigenvalue weighted by Crippen LogP contribution is 2.42. The summed E-state index contributed by atoms with van der Waals surface area (Å²) in [6, 6.07) is 8.03. The van der Waals surface area contributed by atoms with Gasteiger partial charge in [0, 0.05) is 33.1 Å². The molecule has 2 nitrogen and oxygen atoms in total. The highest BCUT2D eigenvalue weighted by molar-refractivity contribution is 8.03. The maximum Gasteiger partial charge on any atom is 0.138 e. The van der Waals surface area contributed by atoms with Crippen molar-refractivity contribution in [2.75, 3.05) is 0 Å². The van der Waals surface area contributed by atoms with Gasteiger partial charge in [-0.25, -0.2) is 0 Å². The third kappa shape index (κ3) is 7.91. The minimum atomic E-state index is -0.0275. The molecule has 0 spiro atoms. The number of halogens is 2. The Kier molecular flexibility index (Phi) is 10.3. The van der Waals surface area contributed by atoms with Gasteiger partial charge in [-0.05, 0) is 46.9 Å². The Morgan fingerprint density at radius 2 is 1.03 bits per heavy atom. The van der Waals surface area contributed by atoms with Crippen LogP contribution in [-0.4, -0.2) is 20.7 Å². The predicted octanol–water partition coefficient (Wildman–Crippen LogP) is 10.3. The number of rotatable bonds is 6. The second-order valence-electron chi connectivity index (χ2n) is 12.1. The molecule has 0 aliphatic heterocycles. The molecular weight excluding hydrogens is 527 g/mol. The number of phenols is 2. The molecule has 2 aromatic rings. The van der Waals surface area contributed by atoms with E-state index < -0.39 is 0 Å². The third-order valence-corrected chi connectivity index (χ3v) is 10.8. The molecule has 0 saturated heterocycles. The average molecular weight is 570 g/mol. The van der Waals surface area contributed by atoms with E-state index in [1.807, 2.05) is 35.7 Å². The van der Waals surface area contributed by atoms with Gasteiger partial charge in [0.25, 0.3) is 0 Å². The van der Waals surface area contributed by atoms with E-state index in [1.54, 1.807) is 0 Å². The molecule has 2 N–H and O–H groups in total. The molecule has 0 amide bonds. The van der Waals surface area contributed by atoms with Crippen LogP contribution in [0.3, 0.4) is 0 Å². The summed E-state index contributed by atoms with van der Waals surface area (Å²) in [5.74, 6) is 1.92. The van der Waals surface area contributed by atoms with Gasteiger partial charge in [0.05, 0.1) is 10.0 Å². The summed E-state index contributed by atoms with van der Waals surface area (Å²) in [6.07, 6.45) is 7.39. The van der Waals surface area contributed by atoms with Crippen molar-refractivity contribution in [3.05, 3.63) is 56.6 Å². The van der Waals surface area contributed by atoms with Crippen molar-refractivity contribution in [2.24, 2.45) is 0 Å². The number of aromatic hydroxyl groups is 2. The van der Waals surface area contributed by atoms with Gasteiger partial charge in [0.15, 0.2) is 0 Å². The summed E-state index contributed by atoms with van der Waals surface area (Å²) in [5.41, 5.74) is 4.09. The van der Waals surface area contributed by atoms with Crippen molar-refractivity contribution in [3.8, 4) is 11.5 Å². The van der Waals surface area contributed by atoms with Crippen molar-refractivity contribution in [2.45, 2.75) is 113 Å². The van der Waals surface area contributed by atoms with Crippen LogP contribution in [0.1, 0.15) is 102 Å². The second kappa shape index (κ2) is 12.5. The minimum absolute atomic E-state index is 0.0275. The van der Waals surface area contributed by atoms with Crippen molar-refractivity contribution in [1.82, 2.24) is 0 Å². The first-order chi connectivity index (χ1) is 16.8. The fourth-order valence-electron chi connectivity index (χ4n) is 4.59. The molecule has 36 heavy (non-hydrogen) atoms. The number of phenolic OH excluding ortho intramolecular Hbond substituents is 2. The monoisotopic (exact) mass is 568 g/mol. The second-order valence-corrected chi connectivity index (χ2v) is 15.4. The van der Waals surface area contributed by atoms with E-state index in [1.165, 1.54) is 38.5 Å². The molecule has 1 unspecified atom stereocenters. The van der Waals surface area contributed by atoms with Crippen LogP contribution >= 0.6 is 46.7 Å². The van der Waals surface area contributed by atoms with Crippen LogP contribution in [-0.2, 0) is 22.3 Å². The van der Waals surface area contributed by atoms with Gasteiger partial charge >= 0.3 is 0 Å². The fourth-order valence-corrected chi connectivity index (χ4v) is 8.13. The van der Waals surface area contributed by atoms with Gasteiger partial charge in [0.1, 0.15) is 11.5 Å². The molecule has 1 saturated carbocycles. The summed E-state index contributed by atoms with van der Waals surface area (Å²) in [6.45, 7) is 13.0. The number of benzene rings is 2. The van der Waals surface area contributed by atoms with Crippen LogP contribution in [0.15, 0.2) is 24.3 Å².